The second-order valence-electron chi connectivity index (χ2n) is 13.6. The average molecular weight is 575 g/mol. The van der Waals surface area contributed by atoms with Crippen molar-refractivity contribution in [2.45, 2.75) is 226 Å². The van der Waals surface area contributed by atoms with Crippen LogP contribution in [-0.2, 0) is 0 Å². The van der Waals surface area contributed by atoms with Gasteiger partial charge in [-0.25, -0.2) is 0 Å². The summed E-state index contributed by atoms with van der Waals surface area (Å²) in [4.78, 5) is 5.38. The quantitative estimate of drug-likeness (QED) is 0.0719. The van der Waals surface area contributed by atoms with Gasteiger partial charge < -0.3 is 9.80 Å². The zero-order chi connectivity index (χ0) is 29.5. The summed E-state index contributed by atoms with van der Waals surface area (Å²) in [5, 5.41) is 0. The van der Waals surface area contributed by atoms with Gasteiger partial charge in [0.25, 0.3) is 0 Å². The molecule has 1 aliphatic heterocycles. The third kappa shape index (κ3) is 23.5. The van der Waals surface area contributed by atoms with Crippen LogP contribution < -0.4 is 0 Å². The minimum Gasteiger partial charge on any atom is -0.356 e. The zero-order valence-electron chi connectivity index (χ0n) is 29.0. The largest absolute Gasteiger partial charge is 0.356 e. The van der Waals surface area contributed by atoms with Gasteiger partial charge in [-0.15, -0.1) is 0 Å². The van der Waals surface area contributed by atoms with Crippen molar-refractivity contribution in [2.75, 3.05) is 13.1 Å². The highest BCUT2D eigenvalue weighted by Crippen LogP contribution is 2.24. The lowest BCUT2D eigenvalue weighted by atomic mass is 10.0. The minimum atomic E-state index is 0.640. The summed E-state index contributed by atoms with van der Waals surface area (Å²) in [6.45, 7) is 9.47. The third-order valence-electron chi connectivity index (χ3n) is 9.57. The van der Waals surface area contributed by atoms with E-state index in [2.05, 4.69) is 43.0 Å². The Morgan fingerprint density at radius 1 is 0.317 bits per heavy atom. The van der Waals surface area contributed by atoms with E-state index in [1.807, 2.05) is 0 Å². The molecule has 0 fully saturated rings. The fourth-order valence-corrected chi connectivity index (χ4v) is 6.72. The van der Waals surface area contributed by atoms with E-state index in [0.29, 0.717) is 6.17 Å². The molecule has 0 saturated carbocycles. The molecular weight excluding hydrogens is 496 g/mol. The Kier molecular flexibility index (Phi) is 28.8. The van der Waals surface area contributed by atoms with Crippen molar-refractivity contribution in [3.63, 3.8) is 0 Å². The van der Waals surface area contributed by atoms with Crippen LogP contribution in [0, 0.1) is 0 Å². The van der Waals surface area contributed by atoms with Crippen molar-refractivity contribution in [3.8, 4) is 0 Å². The number of rotatable bonds is 33. The van der Waals surface area contributed by atoms with Crippen LogP contribution >= 0.6 is 0 Å². The lowest BCUT2D eigenvalue weighted by molar-refractivity contribution is 0.135. The Hall–Kier alpha value is -0.660. The van der Waals surface area contributed by atoms with Crippen LogP contribution in [0.15, 0.2) is 12.4 Å². The van der Waals surface area contributed by atoms with Crippen LogP contribution in [0.4, 0.5) is 0 Å². The first-order chi connectivity index (χ1) is 20.3. The van der Waals surface area contributed by atoms with Crippen LogP contribution in [-0.4, -0.2) is 29.1 Å². The Morgan fingerprint density at radius 2 is 0.561 bits per heavy atom. The van der Waals surface area contributed by atoms with Gasteiger partial charge in [0.15, 0.2) is 0 Å². The van der Waals surface area contributed by atoms with Gasteiger partial charge in [0, 0.05) is 25.5 Å². The fourth-order valence-electron chi connectivity index (χ4n) is 6.72. The number of hydrogen-bond acceptors (Lipinski definition) is 2. The molecule has 0 aromatic carbocycles. The standard InChI is InChI=1S/C39H78N2/c1-4-7-10-12-14-16-18-20-22-24-26-28-30-33-36-41-38-37-40(35-32-9-6-3)39(41)34-31-29-27-25-23-21-19-17-15-13-11-8-5-2/h37-39H,4-36H2,1-3H3. The van der Waals surface area contributed by atoms with Gasteiger partial charge in [-0.05, 0) is 25.7 Å². The van der Waals surface area contributed by atoms with Crippen molar-refractivity contribution in [1.29, 1.82) is 0 Å². The summed E-state index contributed by atoms with van der Waals surface area (Å²) in [6, 6.07) is 0. The van der Waals surface area contributed by atoms with E-state index in [9.17, 15) is 0 Å². The number of unbranched alkanes of at least 4 members (excludes halogenated alkanes) is 27. The minimum absolute atomic E-state index is 0.640. The Labute approximate surface area is 260 Å². The lowest BCUT2D eigenvalue weighted by Gasteiger charge is -2.33. The number of hydrogen-bond donors (Lipinski definition) is 0. The van der Waals surface area contributed by atoms with Crippen LogP contribution in [0.1, 0.15) is 220 Å². The molecule has 0 aromatic heterocycles. The molecule has 0 bridgehead atoms. The normalized spacial score (nSPS) is 15.0. The van der Waals surface area contributed by atoms with E-state index >= 15 is 0 Å². The molecule has 244 valence electrons. The van der Waals surface area contributed by atoms with E-state index < -0.39 is 0 Å². The van der Waals surface area contributed by atoms with Crippen LogP contribution in [0.2, 0.25) is 0 Å². The highest BCUT2D eigenvalue weighted by Gasteiger charge is 2.24. The van der Waals surface area contributed by atoms with Gasteiger partial charge in [-0.1, -0.05) is 194 Å². The monoisotopic (exact) mass is 575 g/mol. The van der Waals surface area contributed by atoms with E-state index in [4.69, 9.17) is 0 Å². The second-order valence-corrected chi connectivity index (χ2v) is 13.6. The van der Waals surface area contributed by atoms with Crippen LogP contribution in [0.25, 0.3) is 0 Å². The van der Waals surface area contributed by atoms with E-state index in [0.717, 1.165) is 0 Å². The Morgan fingerprint density at radius 3 is 0.902 bits per heavy atom. The molecule has 0 aromatic rings. The van der Waals surface area contributed by atoms with Crippen LogP contribution in [0.5, 0.6) is 0 Å². The highest BCUT2D eigenvalue weighted by molar-refractivity contribution is 4.97. The summed E-state index contributed by atoms with van der Waals surface area (Å²) in [5.74, 6) is 0. The SMILES string of the molecule is CCCCCCCCCCCCCCCCN1C=CN(CCCCC)C1CCCCCCCCCCCCCCC. The van der Waals surface area contributed by atoms with Crippen molar-refractivity contribution in [1.82, 2.24) is 9.80 Å². The summed E-state index contributed by atoms with van der Waals surface area (Å²) in [7, 11) is 0. The topological polar surface area (TPSA) is 6.48 Å². The summed E-state index contributed by atoms with van der Waals surface area (Å²) >= 11 is 0. The maximum Gasteiger partial charge on any atom is 0.101 e. The molecule has 0 aliphatic carbocycles. The molecule has 0 N–H and O–H groups in total. The van der Waals surface area contributed by atoms with Gasteiger partial charge >= 0.3 is 0 Å². The van der Waals surface area contributed by atoms with Crippen molar-refractivity contribution >= 4 is 0 Å². The number of nitrogens with zero attached hydrogens (tertiary/aromatic N) is 2. The Balaban J connectivity index is 2.08. The van der Waals surface area contributed by atoms with Gasteiger partial charge in [-0.2, -0.15) is 0 Å². The predicted molar refractivity (Wildman–Crippen MR) is 186 cm³/mol. The Bertz CT molecular complexity index is 530. The predicted octanol–water partition coefficient (Wildman–Crippen LogP) is 13.6. The first-order valence-corrected chi connectivity index (χ1v) is 19.5. The molecule has 1 rings (SSSR count). The van der Waals surface area contributed by atoms with Crippen LogP contribution in [0.3, 0.4) is 0 Å². The van der Waals surface area contributed by atoms with Crippen molar-refractivity contribution in [3.05, 3.63) is 12.4 Å². The molecule has 2 nitrogen and oxygen atoms in total. The molecule has 1 atom stereocenters. The first-order valence-electron chi connectivity index (χ1n) is 19.5. The van der Waals surface area contributed by atoms with Crippen molar-refractivity contribution in [2.24, 2.45) is 0 Å². The highest BCUT2D eigenvalue weighted by atomic mass is 15.4. The average Bonchev–Trinajstić information content (AvgIpc) is 3.36. The molecule has 41 heavy (non-hydrogen) atoms. The summed E-state index contributed by atoms with van der Waals surface area (Å²) < 4.78 is 0. The third-order valence-corrected chi connectivity index (χ3v) is 9.57. The first kappa shape index (κ1) is 38.4. The van der Waals surface area contributed by atoms with E-state index in [1.54, 1.807) is 0 Å². The smallest absolute Gasteiger partial charge is 0.101 e. The molecule has 1 heterocycles. The zero-order valence-corrected chi connectivity index (χ0v) is 29.0. The molecule has 0 radical (unpaired) electrons. The maximum atomic E-state index is 2.70. The van der Waals surface area contributed by atoms with E-state index in [1.165, 1.54) is 212 Å². The molecular formula is C39H78N2. The second kappa shape index (κ2) is 30.8. The van der Waals surface area contributed by atoms with Crippen molar-refractivity contribution < 1.29 is 0 Å². The van der Waals surface area contributed by atoms with Gasteiger partial charge in [-0.3, -0.25) is 0 Å². The molecule has 0 amide bonds. The molecule has 0 saturated heterocycles. The van der Waals surface area contributed by atoms with Gasteiger partial charge in [0.1, 0.15) is 6.17 Å². The molecule has 2 heteroatoms. The summed E-state index contributed by atoms with van der Waals surface area (Å²) in [5.41, 5.74) is 0. The van der Waals surface area contributed by atoms with Gasteiger partial charge in [0.05, 0.1) is 0 Å². The fraction of sp³-hybridized carbons (Fsp3) is 0.949. The van der Waals surface area contributed by atoms with E-state index in [-0.39, 0.29) is 0 Å². The lowest BCUT2D eigenvalue weighted by Crippen LogP contribution is -2.39. The maximum absolute atomic E-state index is 2.70. The molecule has 1 unspecified atom stereocenters. The summed E-state index contributed by atoms with van der Waals surface area (Å²) in [6.07, 6.45) is 50.0. The van der Waals surface area contributed by atoms with Gasteiger partial charge in [0.2, 0.25) is 0 Å². The molecule has 0 spiro atoms. The molecule has 1 aliphatic rings.